The van der Waals surface area contributed by atoms with Gasteiger partial charge in [0.1, 0.15) is 5.82 Å². The van der Waals surface area contributed by atoms with Gasteiger partial charge in [-0.1, -0.05) is 6.42 Å². The van der Waals surface area contributed by atoms with Crippen LogP contribution in [-0.4, -0.2) is 26.0 Å². The van der Waals surface area contributed by atoms with Gasteiger partial charge in [-0.05, 0) is 43.1 Å². The van der Waals surface area contributed by atoms with Crippen molar-refractivity contribution in [1.29, 1.82) is 0 Å². The Morgan fingerprint density at radius 3 is 3.00 bits per heavy atom. The molecule has 0 aromatic carbocycles. The number of nitrogens with zero attached hydrogens (tertiary/aromatic N) is 2. The van der Waals surface area contributed by atoms with E-state index in [1.807, 2.05) is 0 Å². The minimum absolute atomic E-state index is 0.202. The normalized spacial score (nSPS) is 28.3. The lowest BCUT2D eigenvalue weighted by Gasteiger charge is -2.20. The lowest BCUT2D eigenvalue weighted by Crippen LogP contribution is -2.13. The molecule has 3 unspecified atom stereocenters. The lowest BCUT2D eigenvalue weighted by atomic mass is 9.86. The van der Waals surface area contributed by atoms with E-state index in [-0.39, 0.29) is 5.56 Å². The summed E-state index contributed by atoms with van der Waals surface area (Å²) >= 11 is 0. The molecule has 2 aromatic heterocycles. The third kappa shape index (κ3) is 1.88. The summed E-state index contributed by atoms with van der Waals surface area (Å²) in [6, 6.07) is 1.61. The van der Waals surface area contributed by atoms with Gasteiger partial charge >= 0.3 is 5.97 Å². The molecule has 3 atom stereocenters. The van der Waals surface area contributed by atoms with E-state index >= 15 is 0 Å². The predicted octanol–water partition coefficient (Wildman–Crippen LogP) is 2.63. The predicted molar refractivity (Wildman–Crippen MR) is 73.5 cm³/mol. The molecule has 2 fully saturated rings. The standard InChI is InChI=1S/C15H17N3O2/c19-15(20)11-5-12-14(16-7-11)18-13(17-12)6-10-4-8-1-2-9(10)3-8/h5,7-10H,1-4,6H2,(H,19,20)(H,16,17,18). The maximum atomic E-state index is 10.9. The number of hydrogen-bond acceptors (Lipinski definition) is 3. The first kappa shape index (κ1) is 11.9. The van der Waals surface area contributed by atoms with E-state index in [0.717, 1.165) is 35.5 Å². The topological polar surface area (TPSA) is 78.9 Å². The Balaban J connectivity index is 1.59. The van der Waals surface area contributed by atoms with E-state index in [4.69, 9.17) is 5.11 Å². The van der Waals surface area contributed by atoms with E-state index in [1.165, 1.54) is 31.9 Å². The number of H-pyrrole nitrogens is 1. The molecule has 5 heteroatoms. The number of aromatic nitrogens is 3. The zero-order valence-corrected chi connectivity index (χ0v) is 11.2. The average Bonchev–Trinajstić information content (AvgIpc) is 3.11. The summed E-state index contributed by atoms with van der Waals surface area (Å²) < 4.78 is 0. The fourth-order valence-corrected chi connectivity index (χ4v) is 4.04. The Labute approximate surface area is 116 Å². The van der Waals surface area contributed by atoms with Gasteiger partial charge in [0.15, 0.2) is 5.65 Å². The Bertz CT molecular complexity index is 679. The van der Waals surface area contributed by atoms with Crippen molar-refractivity contribution >= 4 is 17.1 Å². The second kappa shape index (κ2) is 4.30. The number of aromatic amines is 1. The summed E-state index contributed by atoms with van der Waals surface area (Å²) in [4.78, 5) is 22.8. The Morgan fingerprint density at radius 1 is 1.40 bits per heavy atom. The molecule has 2 aliphatic carbocycles. The number of nitrogens with one attached hydrogen (secondary N) is 1. The number of carboxylic acids is 1. The van der Waals surface area contributed by atoms with Crippen LogP contribution in [0.5, 0.6) is 0 Å². The van der Waals surface area contributed by atoms with Crippen LogP contribution in [0, 0.1) is 17.8 Å². The summed E-state index contributed by atoms with van der Waals surface area (Å²) in [5.41, 5.74) is 1.55. The smallest absolute Gasteiger partial charge is 0.337 e. The minimum Gasteiger partial charge on any atom is -0.478 e. The van der Waals surface area contributed by atoms with Gasteiger partial charge < -0.3 is 10.1 Å². The van der Waals surface area contributed by atoms with Crippen LogP contribution in [0.3, 0.4) is 0 Å². The molecule has 0 spiro atoms. The van der Waals surface area contributed by atoms with Gasteiger partial charge in [0.05, 0.1) is 11.1 Å². The lowest BCUT2D eigenvalue weighted by molar-refractivity contribution is 0.0696. The number of hydrogen-bond donors (Lipinski definition) is 2. The van der Waals surface area contributed by atoms with Gasteiger partial charge in [-0.25, -0.2) is 14.8 Å². The Morgan fingerprint density at radius 2 is 2.30 bits per heavy atom. The Hall–Kier alpha value is -1.91. The maximum Gasteiger partial charge on any atom is 0.337 e. The quantitative estimate of drug-likeness (QED) is 0.899. The van der Waals surface area contributed by atoms with Gasteiger partial charge in [-0.3, -0.25) is 0 Å². The highest BCUT2D eigenvalue weighted by atomic mass is 16.4. The number of imidazole rings is 1. The molecule has 104 valence electrons. The second-order valence-corrected chi connectivity index (χ2v) is 6.22. The van der Waals surface area contributed by atoms with Crippen LogP contribution in [-0.2, 0) is 6.42 Å². The number of carbonyl (C=O) groups is 1. The van der Waals surface area contributed by atoms with E-state index in [0.29, 0.717) is 5.65 Å². The molecule has 5 nitrogen and oxygen atoms in total. The van der Waals surface area contributed by atoms with Crippen molar-refractivity contribution in [3.05, 3.63) is 23.7 Å². The molecule has 2 saturated carbocycles. The molecule has 0 radical (unpaired) electrons. The zero-order chi connectivity index (χ0) is 13.7. The molecule has 2 bridgehead atoms. The summed E-state index contributed by atoms with van der Waals surface area (Å²) in [6.07, 6.45) is 7.84. The summed E-state index contributed by atoms with van der Waals surface area (Å²) in [7, 11) is 0. The molecular formula is C15H17N3O2. The number of fused-ring (bicyclic) bond motifs is 3. The average molecular weight is 271 g/mol. The molecule has 2 N–H and O–H groups in total. The first-order chi connectivity index (χ1) is 9.69. The van der Waals surface area contributed by atoms with E-state index in [1.54, 1.807) is 6.07 Å². The second-order valence-electron chi connectivity index (χ2n) is 6.22. The highest BCUT2D eigenvalue weighted by Crippen LogP contribution is 2.49. The van der Waals surface area contributed by atoms with Crippen LogP contribution >= 0.6 is 0 Å². The van der Waals surface area contributed by atoms with Crippen molar-refractivity contribution in [2.75, 3.05) is 0 Å². The monoisotopic (exact) mass is 271 g/mol. The zero-order valence-electron chi connectivity index (χ0n) is 11.2. The van der Waals surface area contributed by atoms with Gasteiger partial charge in [-0.2, -0.15) is 0 Å². The van der Waals surface area contributed by atoms with E-state index in [2.05, 4.69) is 15.0 Å². The first-order valence-electron chi connectivity index (χ1n) is 7.27. The van der Waals surface area contributed by atoms with Crippen molar-refractivity contribution in [2.45, 2.75) is 32.1 Å². The number of pyridine rings is 1. The summed E-state index contributed by atoms with van der Waals surface area (Å²) in [6.45, 7) is 0. The van der Waals surface area contributed by atoms with Crippen LogP contribution < -0.4 is 0 Å². The van der Waals surface area contributed by atoms with Crippen molar-refractivity contribution in [2.24, 2.45) is 17.8 Å². The van der Waals surface area contributed by atoms with Gasteiger partial charge in [0.2, 0.25) is 0 Å². The molecule has 0 saturated heterocycles. The molecular weight excluding hydrogens is 254 g/mol. The van der Waals surface area contributed by atoms with Gasteiger partial charge in [-0.15, -0.1) is 0 Å². The fourth-order valence-electron chi connectivity index (χ4n) is 4.04. The molecule has 2 aliphatic rings. The van der Waals surface area contributed by atoms with Crippen LogP contribution in [0.1, 0.15) is 41.9 Å². The number of rotatable bonds is 3. The molecule has 20 heavy (non-hydrogen) atoms. The van der Waals surface area contributed by atoms with Gasteiger partial charge in [0, 0.05) is 12.6 Å². The molecule has 0 amide bonds. The SMILES string of the molecule is O=C(O)c1cnc2nc(CC3CC4CCC3C4)[nH]c2c1. The van der Waals surface area contributed by atoms with Crippen molar-refractivity contribution in [3.8, 4) is 0 Å². The molecule has 4 rings (SSSR count). The van der Waals surface area contributed by atoms with Crippen molar-refractivity contribution < 1.29 is 9.90 Å². The largest absolute Gasteiger partial charge is 0.478 e. The molecule has 0 aliphatic heterocycles. The van der Waals surface area contributed by atoms with Crippen molar-refractivity contribution in [3.63, 3.8) is 0 Å². The van der Waals surface area contributed by atoms with E-state index in [9.17, 15) is 4.79 Å². The number of carboxylic acid groups (broad SMARTS) is 1. The Kier molecular flexibility index (Phi) is 2.55. The molecule has 2 heterocycles. The molecule has 2 aromatic rings. The highest BCUT2D eigenvalue weighted by Gasteiger charge is 2.39. The number of aromatic carboxylic acids is 1. The van der Waals surface area contributed by atoms with Crippen molar-refractivity contribution in [1.82, 2.24) is 15.0 Å². The summed E-state index contributed by atoms with van der Waals surface area (Å²) in [5, 5.41) is 8.98. The fraction of sp³-hybridized carbons (Fsp3) is 0.533. The summed E-state index contributed by atoms with van der Waals surface area (Å²) in [5.74, 6) is 2.55. The third-order valence-electron chi connectivity index (χ3n) is 4.97. The highest BCUT2D eigenvalue weighted by molar-refractivity contribution is 5.90. The first-order valence-corrected chi connectivity index (χ1v) is 7.27. The van der Waals surface area contributed by atoms with E-state index < -0.39 is 5.97 Å². The minimum atomic E-state index is -0.955. The maximum absolute atomic E-state index is 10.9. The van der Waals surface area contributed by atoms with Crippen LogP contribution in [0.2, 0.25) is 0 Å². The van der Waals surface area contributed by atoms with Gasteiger partial charge in [0.25, 0.3) is 0 Å². The third-order valence-corrected chi connectivity index (χ3v) is 4.97. The van der Waals surface area contributed by atoms with Crippen LogP contribution in [0.15, 0.2) is 12.3 Å². The van der Waals surface area contributed by atoms with Crippen LogP contribution in [0.25, 0.3) is 11.2 Å². The van der Waals surface area contributed by atoms with Crippen LogP contribution in [0.4, 0.5) is 0 Å².